The van der Waals surface area contributed by atoms with Gasteiger partial charge in [0.15, 0.2) is 5.78 Å². The second kappa shape index (κ2) is 8.23. The fraction of sp³-hybridized carbons (Fsp3) is 0.533. The Hall–Kier alpha value is -1.00. The SMILES string of the molecule is COc1ccc(C(=O)CN(C)C(C)CCSC)cc1. The summed E-state index contributed by atoms with van der Waals surface area (Å²) in [5.74, 6) is 2.06. The van der Waals surface area contributed by atoms with Gasteiger partial charge in [-0.15, -0.1) is 0 Å². The molecule has 0 spiro atoms. The normalized spacial score (nSPS) is 12.5. The molecule has 1 unspecified atom stereocenters. The van der Waals surface area contributed by atoms with Crippen LogP contribution in [0.5, 0.6) is 5.75 Å². The van der Waals surface area contributed by atoms with E-state index in [1.807, 2.05) is 43.1 Å². The summed E-state index contributed by atoms with van der Waals surface area (Å²) in [5.41, 5.74) is 0.740. The Morgan fingerprint density at radius 2 is 2.00 bits per heavy atom. The third-order valence-corrected chi connectivity index (χ3v) is 3.94. The average molecular weight is 281 g/mol. The van der Waals surface area contributed by atoms with E-state index in [1.165, 1.54) is 0 Å². The molecule has 1 aromatic carbocycles. The average Bonchev–Trinajstić information content (AvgIpc) is 2.44. The van der Waals surface area contributed by atoms with E-state index in [0.717, 1.165) is 23.5 Å². The van der Waals surface area contributed by atoms with Crippen LogP contribution in [-0.4, -0.2) is 49.4 Å². The minimum Gasteiger partial charge on any atom is -0.497 e. The third-order valence-electron chi connectivity index (χ3n) is 3.30. The number of carbonyl (C=O) groups is 1. The fourth-order valence-corrected chi connectivity index (χ4v) is 2.34. The number of benzene rings is 1. The highest BCUT2D eigenvalue weighted by Gasteiger charge is 2.14. The summed E-state index contributed by atoms with van der Waals surface area (Å²) in [6.45, 7) is 2.62. The van der Waals surface area contributed by atoms with Crippen LogP contribution in [0.1, 0.15) is 23.7 Å². The van der Waals surface area contributed by atoms with Crippen LogP contribution >= 0.6 is 11.8 Å². The predicted molar refractivity (Wildman–Crippen MR) is 82.4 cm³/mol. The number of ketones is 1. The van der Waals surface area contributed by atoms with Crippen molar-refractivity contribution in [1.29, 1.82) is 0 Å². The minimum absolute atomic E-state index is 0.154. The van der Waals surface area contributed by atoms with Crippen molar-refractivity contribution in [1.82, 2.24) is 4.90 Å². The smallest absolute Gasteiger partial charge is 0.176 e. The molecule has 19 heavy (non-hydrogen) atoms. The zero-order chi connectivity index (χ0) is 14.3. The molecule has 0 saturated heterocycles. The maximum Gasteiger partial charge on any atom is 0.176 e. The van der Waals surface area contributed by atoms with Crippen LogP contribution in [0.15, 0.2) is 24.3 Å². The summed E-state index contributed by atoms with van der Waals surface area (Å²) >= 11 is 1.84. The summed E-state index contributed by atoms with van der Waals surface area (Å²) in [6, 6.07) is 7.72. The van der Waals surface area contributed by atoms with Crippen LogP contribution in [0.3, 0.4) is 0 Å². The van der Waals surface area contributed by atoms with Gasteiger partial charge in [-0.1, -0.05) is 0 Å². The van der Waals surface area contributed by atoms with Gasteiger partial charge in [0.05, 0.1) is 13.7 Å². The van der Waals surface area contributed by atoms with Crippen molar-refractivity contribution in [2.24, 2.45) is 0 Å². The highest BCUT2D eigenvalue weighted by molar-refractivity contribution is 7.98. The summed E-state index contributed by atoms with van der Waals surface area (Å²) in [7, 11) is 3.63. The number of hydrogen-bond acceptors (Lipinski definition) is 4. The molecular weight excluding hydrogens is 258 g/mol. The number of nitrogens with zero attached hydrogens (tertiary/aromatic N) is 1. The molecule has 0 amide bonds. The van der Waals surface area contributed by atoms with Gasteiger partial charge in [-0.3, -0.25) is 9.69 Å². The Balaban J connectivity index is 2.53. The lowest BCUT2D eigenvalue weighted by molar-refractivity contribution is 0.0923. The molecule has 0 aliphatic heterocycles. The van der Waals surface area contributed by atoms with Crippen molar-refractivity contribution in [3.8, 4) is 5.75 Å². The molecule has 106 valence electrons. The summed E-state index contributed by atoms with van der Waals surface area (Å²) in [5, 5.41) is 0. The number of hydrogen-bond donors (Lipinski definition) is 0. The molecule has 0 aliphatic rings. The molecule has 1 atom stereocenters. The molecule has 0 N–H and O–H groups in total. The molecule has 0 radical (unpaired) electrons. The van der Waals surface area contributed by atoms with Gasteiger partial charge < -0.3 is 4.74 Å². The van der Waals surface area contributed by atoms with Crippen LogP contribution in [0.25, 0.3) is 0 Å². The molecule has 0 aromatic heterocycles. The number of methoxy groups -OCH3 is 1. The molecule has 1 aromatic rings. The molecule has 4 heteroatoms. The first-order valence-corrected chi connectivity index (χ1v) is 7.84. The van der Waals surface area contributed by atoms with Gasteiger partial charge in [-0.05, 0) is 56.7 Å². The lowest BCUT2D eigenvalue weighted by Crippen LogP contribution is -2.34. The fourth-order valence-electron chi connectivity index (χ4n) is 1.76. The lowest BCUT2D eigenvalue weighted by Gasteiger charge is -2.23. The summed E-state index contributed by atoms with van der Waals surface area (Å²) in [6.07, 6.45) is 3.21. The van der Waals surface area contributed by atoms with E-state index in [9.17, 15) is 4.79 Å². The molecule has 1 rings (SSSR count). The Morgan fingerprint density at radius 1 is 1.37 bits per heavy atom. The molecular formula is C15H23NO2S. The number of Topliss-reactive ketones (excluding diaryl/α,β-unsaturated/α-hetero) is 1. The largest absolute Gasteiger partial charge is 0.497 e. The maximum absolute atomic E-state index is 12.1. The maximum atomic E-state index is 12.1. The first-order valence-electron chi connectivity index (χ1n) is 6.45. The Labute approximate surface area is 120 Å². The van der Waals surface area contributed by atoms with E-state index in [2.05, 4.69) is 18.1 Å². The van der Waals surface area contributed by atoms with Crippen molar-refractivity contribution >= 4 is 17.5 Å². The molecule has 0 aliphatic carbocycles. The van der Waals surface area contributed by atoms with Crippen LogP contribution in [0, 0.1) is 0 Å². The monoisotopic (exact) mass is 281 g/mol. The Morgan fingerprint density at radius 3 is 2.53 bits per heavy atom. The number of likely N-dealkylation sites (N-methyl/N-ethyl adjacent to an activating group) is 1. The van der Waals surface area contributed by atoms with E-state index < -0.39 is 0 Å². The van der Waals surface area contributed by atoms with Gasteiger partial charge >= 0.3 is 0 Å². The van der Waals surface area contributed by atoms with Crippen molar-refractivity contribution in [3.63, 3.8) is 0 Å². The topological polar surface area (TPSA) is 29.5 Å². The molecule has 0 bridgehead atoms. The predicted octanol–water partition coefficient (Wildman–Crippen LogP) is 2.95. The molecule has 0 fully saturated rings. The van der Waals surface area contributed by atoms with E-state index in [4.69, 9.17) is 4.74 Å². The second-order valence-corrected chi connectivity index (χ2v) is 5.68. The van der Waals surface area contributed by atoms with Crippen LogP contribution < -0.4 is 4.74 Å². The quantitative estimate of drug-likeness (QED) is 0.685. The van der Waals surface area contributed by atoms with Gasteiger partial charge in [0.2, 0.25) is 0 Å². The molecule has 3 nitrogen and oxygen atoms in total. The zero-order valence-corrected chi connectivity index (χ0v) is 13.0. The second-order valence-electron chi connectivity index (χ2n) is 4.70. The van der Waals surface area contributed by atoms with Crippen molar-refractivity contribution < 1.29 is 9.53 Å². The lowest BCUT2D eigenvalue weighted by atomic mass is 10.1. The van der Waals surface area contributed by atoms with Crippen LogP contribution in [0.2, 0.25) is 0 Å². The van der Waals surface area contributed by atoms with Gasteiger partial charge in [-0.2, -0.15) is 11.8 Å². The van der Waals surface area contributed by atoms with E-state index in [1.54, 1.807) is 7.11 Å². The van der Waals surface area contributed by atoms with Gasteiger partial charge in [0.1, 0.15) is 5.75 Å². The highest BCUT2D eigenvalue weighted by Crippen LogP contribution is 2.13. The van der Waals surface area contributed by atoms with Gasteiger partial charge in [0.25, 0.3) is 0 Å². The van der Waals surface area contributed by atoms with Crippen molar-refractivity contribution in [3.05, 3.63) is 29.8 Å². The minimum atomic E-state index is 0.154. The third kappa shape index (κ3) is 5.25. The highest BCUT2D eigenvalue weighted by atomic mass is 32.2. The van der Waals surface area contributed by atoms with Crippen molar-refractivity contribution in [2.45, 2.75) is 19.4 Å². The first-order chi connectivity index (χ1) is 9.08. The van der Waals surface area contributed by atoms with Gasteiger partial charge in [0, 0.05) is 11.6 Å². The van der Waals surface area contributed by atoms with Gasteiger partial charge in [-0.25, -0.2) is 0 Å². The number of ether oxygens (including phenoxy) is 1. The van der Waals surface area contributed by atoms with Crippen LogP contribution in [0.4, 0.5) is 0 Å². The summed E-state index contributed by atoms with van der Waals surface area (Å²) < 4.78 is 5.09. The molecule has 0 saturated carbocycles. The van der Waals surface area contributed by atoms with E-state index in [0.29, 0.717) is 12.6 Å². The van der Waals surface area contributed by atoms with E-state index in [-0.39, 0.29) is 5.78 Å². The molecule has 0 heterocycles. The zero-order valence-electron chi connectivity index (χ0n) is 12.2. The standard InChI is InChI=1S/C15H23NO2S/c1-12(9-10-19-4)16(2)11-15(17)13-5-7-14(18-3)8-6-13/h5-8,12H,9-11H2,1-4H3. The Bertz CT molecular complexity index is 392. The Kier molecular flexibility index (Phi) is 6.95. The van der Waals surface area contributed by atoms with E-state index >= 15 is 0 Å². The van der Waals surface area contributed by atoms with Crippen molar-refractivity contribution in [2.75, 3.05) is 32.7 Å². The number of rotatable bonds is 8. The van der Waals surface area contributed by atoms with Crippen LogP contribution in [-0.2, 0) is 0 Å². The first kappa shape index (κ1) is 16.1. The number of carbonyl (C=O) groups excluding carboxylic acids is 1. The number of thioether (sulfide) groups is 1. The summed E-state index contributed by atoms with van der Waals surface area (Å²) in [4.78, 5) is 14.3.